The van der Waals surface area contributed by atoms with E-state index in [9.17, 15) is 14.9 Å². The summed E-state index contributed by atoms with van der Waals surface area (Å²) in [5.41, 5.74) is 0.899. The normalized spacial score (nSPS) is 12.7. The molecule has 120 valence electrons. The zero-order chi connectivity index (χ0) is 16.4. The van der Waals surface area contributed by atoms with Crippen molar-refractivity contribution in [1.29, 1.82) is 0 Å². The first kappa shape index (κ1) is 15.3. The Labute approximate surface area is 136 Å². The molecule has 1 aromatic carbocycles. The molecule has 0 unspecified atom stereocenters. The monoisotopic (exact) mass is 334 g/mol. The first-order valence-electron chi connectivity index (χ1n) is 6.93. The molecule has 0 bridgehead atoms. The van der Waals surface area contributed by atoms with Gasteiger partial charge in [0.25, 0.3) is 5.91 Å². The van der Waals surface area contributed by atoms with Crippen LogP contribution in [0.4, 0.5) is 5.00 Å². The van der Waals surface area contributed by atoms with Gasteiger partial charge in [-0.15, -0.1) is 0 Å². The zero-order valence-electron chi connectivity index (χ0n) is 12.4. The third kappa shape index (κ3) is 3.26. The van der Waals surface area contributed by atoms with Crippen molar-refractivity contribution in [3.63, 3.8) is 0 Å². The van der Waals surface area contributed by atoms with Gasteiger partial charge in [0.05, 0.1) is 9.80 Å². The average Bonchev–Trinajstić information content (AvgIpc) is 3.04. The van der Waals surface area contributed by atoms with Crippen molar-refractivity contribution in [3.05, 3.63) is 50.9 Å². The van der Waals surface area contributed by atoms with E-state index in [4.69, 9.17) is 9.47 Å². The molecule has 0 aliphatic carbocycles. The summed E-state index contributed by atoms with van der Waals surface area (Å²) in [6.45, 7) is 1.41. The van der Waals surface area contributed by atoms with Crippen LogP contribution in [0.15, 0.2) is 30.3 Å². The first-order valence-corrected chi connectivity index (χ1v) is 7.74. The summed E-state index contributed by atoms with van der Waals surface area (Å²) < 4.78 is 11.0. The Morgan fingerprint density at radius 3 is 2.70 bits per heavy atom. The molecule has 0 fully saturated rings. The summed E-state index contributed by atoms with van der Waals surface area (Å²) in [6, 6.07) is 8.35. The molecule has 0 atom stereocenters. The van der Waals surface area contributed by atoms with E-state index in [-0.39, 0.29) is 10.9 Å². The van der Waals surface area contributed by atoms with Crippen LogP contribution < -0.4 is 9.47 Å². The number of benzene rings is 1. The van der Waals surface area contributed by atoms with Crippen LogP contribution in [0.1, 0.15) is 15.2 Å². The molecule has 23 heavy (non-hydrogen) atoms. The van der Waals surface area contributed by atoms with Crippen molar-refractivity contribution in [1.82, 2.24) is 4.90 Å². The Hall–Kier alpha value is -2.61. The van der Waals surface area contributed by atoms with Crippen LogP contribution in [0.25, 0.3) is 0 Å². The topological polar surface area (TPSA) is 81.9 Å². The van der Waals surface area contributed by atoms with E-state index in [0.717, 1.165) is 16.9 Å². The van der Waals surface area contributed by atoms with Crippen molar-refractivity contribution < 1.29 is 19.2 Å². The third-order valence-corrected chi connectivity index (χ3v) is 4.38. The van der Waals surface area contributed by atoms with Gasteiger partial charge in [-0.05, 0) is 23.8 Å². The SMILES string of the molecule is CN(Cc1ccc2c(c1)OCCO2)C(=O)c1ccc([N+](=O)[O-])s1. The van der Waals surface area contributed by atoms with Crippen molar-refractivity contribution >= 4 is 22.2 Å². The molecule has 0 radical (unpaired) electrons. The molecular weight excluding hydrogens is 320 g/mol. The van der Waals surface area contributed by atoms with Gasteiger partial charge >= 0.3 is 5.00 Å². The van der Waals surface area contributed by atoms with Gasteiger partial charge in [-0.2, -0.15) is 0 Å². The highest BCUT2D eigenvalue weighted by molar-refractivity contribution is 7.17. The van der Waals surface area contributed by atoms with E-state index in [1.807, 2.05) is 18.2 Å². The van der Waals surface area contributed by atoms with Gasteiger partial charge < -0.3 is 14.4 Å². The maximum atomic E-state index is 12.3. The number of thiophene rings is 1. The molecule has 1 amide bonds. The molecule has 0 saturated heterocycles. The minimum atomic E-state index is -0.498. The van der Waals surface area contributed by atoms with Gasteiger partial charge in [0.2, 0.25) is 0 Å². The number of rotatable bonds is 4. The fourth-order valence-electron chi connectivity index (χ4n) is 2.26. The van der Waals surface area contributed by atoms with Crippen molar-refractivity contribution in [2.24, 2.45) is 0 Å². The number of nitrogens with zero attached hydrogens (tertiary/aromatic N) is 2. The quantitative estimate of drug-likeness (QED) is 0.634. The molecule has 8 heteroatoms. The standard InChI is InChI=1S/C15H14N2O5S/c1-16(15(18)13-4-5-14(23-13)17(19)20)9-10-2-3-11-12(8-10)22-7-6-21-11/h2-5,8H,6-7,9H2,1H3. The molecule has 7 nitrogen and oxygen atoms in total. The van der Waals surface area contributed by atoms with E-state index in [0.29, 0.717) is 36.1 Å². The van der Waals surface area contributed by atoms with Crippen LogP contribution in [-0.2, 0) is 6.54 Å². The van der Waals surface area contributed by atoms with Gasteiger partial charge in [0, 0.05) is 19.7 Å². The fraction of sp³-hybridized carbons (Fsp3) is 0.267. The predicted molar refractivity (Wildman–Crippen MR) is 84.2 cm³/mol. The van der Waals surface area contributed by atoms with Gasteiger partial charge in [-0.1, -0.05) is 17.4 Å². The molecule has 1 aliphatic rings. The lowest BCUT2D eigenvalue weighted by Gasteiger charge is -2.21. The summed E-state index contributed by atoms with van der Waals surface area (Å²) in [5.74, 6) is 1.11. The van der Waals surface area contributed by atoms with Crippen LogP contribution in [-0.4, -0.2) is 36.0 Å². The minimum absolute atomic E-state index is 0.0407. The lowest BCUT2D eigenvalue weighted by Crippen LogP contribution is -2.25. The fourth-order valence-corrected chi connectivity index (χ4v) is 3.08. The van der Waals surface area contributed by atoms with E-state index in [1.54, 1.807) is 7.05 Å². The van der Waals surface area contributed by atoms with E-state index in [1.165, 1.54) is 17.0 Å². The second kappa shape index (κ2) is 6.25. The summed E-state index contributed by atoms with van der Waals surface area (Å²) in [5, 5.41) is 10.7. The highest BCUT2D eigenvalue weighted by Crippen LogP contribution is 2.31. The molecule has 1 aliphatic heterocycles. The highest BCUT2D eigenvalue weighted by Gasteiger charge is 2.19. The van der Waals surface area contributed by atoms with Gasteiger partial charge in [-0.25, -0.2) is 0 Å². The van der Waals surface area contributed by atoms with Crippen molar-refractivity contribution in [3.8, 4) is 11.5 Å². The highest BCUT2D eigenvalue weighted by atomic mass is 32.1. The van der Waals surface area contributed by atoms with Gasteiger partial charge in [0.15, 0.2) is 11.5 Å². The van der Waals surface area contributed by atoms with E-state index < -0.39 is 4.92 Å². The predicted octanol–water partition coefficient (Wildman–Crippen LogP) is 2.70. The molecule has 0 N–H and O–H groups in total. The maximum Gasteiger partial charge on any atom is 0.324 e. The minimum Gasteiger partial charge on any atom is -0.486 e. The van der Waals surface area contributed by atoms with Gasteiger partial charge in [0.1, 0.15) is 13.2 Å². The smallest absolute Gasteiger partial charge is 0.324 e. The third-order valence-electron chi connectivity index (χ3n) is 3.36. The van der Waals surface area contributed by atoms with Crippen LogP contribution in [0.3, 0.4) is 0 Å². The number of hydrogen-bond donors (Lipinski definition) is 0. The Morgan fingerprint density at radius 2 is 2.00 bits per heavy atom. The average molecular weight is 334 g/mol. The molecule has 2 aromatic rings. The van der Waals surface area contributed by atoms with Crippen molar-refractivity contribution in [2.75, 3.05) is 20.3 Å². The molecule has 0 spiro atoms. The first-order chi connectivity index (χ1) is 11.0. The van der Waals surface area contributed by atoms with E-state index in [2.05, 4.69) is 0 Å². The molecule has 0 saturated carbocycles. The number of hydrogen-bond acceptors (Lipinski definition) is 6. The number of carbonyl (C=O) groups is 1. The summed E-state index contributed by atoms with van der Waals surface area (Å²) in [7, 11) is 1.66. The summed E-state index contributed by atoms with van der Waals surface area (Å²) in [4.78, 5) is 24.4. The van der Waals surface area contributed by atoms with Crippen LogP contribution in [0, 0.1) is 10.1 Å². The number of nitro groups is 1. The summed E-state index contributed by atoms with van der Waals surface area (Å²) in [6.07, 6.45) is 0. The Balaban J connectivity index is 1.71. The zero-order valence-corrected chi connectivity index (χ0v) is 13.2. The molecule has 3 rings (SSSR count). The van der Waals surface area contributed by atoms with E-state index >= 15 is 0 Å². The number of carbonyl (C=O) groups excluding carboxylic acids is 1. The second-order valence-electron chi connectivity index (χ2n) is 5.03. The number of fused-ring (bicyclic) bond motifs is 1. The number of ether oxygens (including phenoxy) is 2. The molecular formula is C15H14N2O5S. The Kier molecular flexibility index (Phi) is 4.16. The Morgan fingerprint density at radius 1 is 1.26 bits per heavy atom. The van der Waals surface area contributed by atoms with Crippen LogP contribution in [0.2, 0.25) is 0 Å². The molecule has 2 heterocycles. The maximum absolute atomic E-state index is 12.3. The summed E-state index contributed by atoms with van der Waals surface area (Å²) >= 11 is 0.876. The Bertz CT molecular complexity index is 758. The van der Waals surface area contributed by atoms with Gasteiger partial charge in [-0.3, -0.25) is 14.9 Å². The van der Waals surface area contributed by atoms with Crippen LogP contribution >= 0.6 is 11.3 Å². The second-order valence-corrected chi connectivity index (χ2v) is 6.10. The van der Waals surface area contributed by atoms with Crippen LogP contribution in [0.5, 0.6) is 11.5 Å². The number of amides is 1. The van der Waals surface area contributed by atoms with Crippen molar-refractivity contribution in [2.45, 2.75) is 6.54 Å². The molecule has 1 aromatic heterocycles. The largest absolute Gasteiger partial charge is 0.486 e. The lowest BCUT2D eigenvalue weighted by molar-refractivity contribution is -0.380. The lowest BCUT2D eigenvalue weighted by atomic mass is 10.2.